The van der Waals surface area contributed by atoms with Gasteiger partial charge in [0.05, 0.1) is 6.61 Å². The summed E-state index contributed by atoms with van der Waals surface area (Å²) in [6, 6.07) is 0. The second kappa shape index (κ2) is 11.1. The Bertz CT molecular complexity index is 87.3. The number of hydrogen-bond acceptors (Lipinski definition) is 2. The van der Waals surface area contributed by atoms with E-state index in [0.29, 0.717) is 6.61 Å². The van der Waals surface area contributed by atoms with E-state index in [0.717, 1.165) is 12.5 Å². The Morgan fingerprint density at radius 2 is 2.10 bits per heavy atom. The van der Waals surface area contributed by atoms with E-state index < -0.39 is 0 Å². The van der Waals surface area contributed by atoms with Crippen molar-refractivity contribution < 1.29 is 9.53 Å². The van der Waals surface area contributed by atoms with Crippen LogP contribution < -0.4 is 0 Å². The Hall–Kier alpha value is -0.790. The van der Waals surface area contributed by atoms with E-state index in [1.54, 1.807) is 0 Å². The van der Waals surface area contributed by atoms with Crippen molar-refractivity contribution in [2.24, 2.45) is 0 Å². The minimum absolute atomic E-state index is 0. The van der Waals surface area contributed by atoms with Crippen molar-refractivity contribution in [1.82, 2.24) is 0 Å². The van der Waals surface area contributed by atoms with Crippen molar-refractivity contribution in [3.8, 4) is 0 Å². The van der Waals surface area contributed by atoms with Gasteiger partial charge >= 0.3 is 5.97 Å². The third-order valence-electron chi connectivity index (χ3n) is 0.615. The van der Waals surface area contributed by atoms with Gasteiger partial charge in [0.25, 0.3) is 0 Å². The summed E-state index contributed by atoms with van der Waals surface area (Å²) in [6.07, 6.45) is 2.02. The zero-order valence-corrected chi connectivity index (χ0v) is 5.02. The maximum Gasteiger partial charge on any atom is 0.330 e. The van der Waals surface area contributed by atoms with Crippen molar-refractivity contribution in [3.05, 3.63) is 12.7 Å². The lowest BCUT2D eigenvalue weighted by molar-refractivity contribution is -0.137. The van der Waals surface area contributed by atoms with E-state index in [1.807, 2.05) is 6.92 Å². The molecule has 0 saturated heterocycles. The first kappa shape index (κ1) is 16.1. The third kappa shape index (κ3) is 10.2. The summed E-state index contributed by atoms with van der Waals surface area (Å²) in [5, 5.41) is 0. The molecule has 62 valence electrons. The predicted octanol–water partition coefficient (Wildman–Crippen LogP) is 2.40. The molecule has 0 N–H and O–H groups in total. The highest BCUT2D eigenvalue weighted by atomic mass is 16.5. The Labute approximate surface area is 63.9 Å². The van der Waals surface area contributed by atoms with Gasteiger partial charge in [0.1, 0.15) is 0 Å². The van der Waals surface area contributed by atoms with Gasteiger partial charge in [-0.15, -0.1) is 0 Å². The minimum Gasteiger partial charge on any atom is -0.463 e. The Balaban J connectivity index is -0.000000245. The molecule has 0 heterocycles. The van der Waals surface area contributed by atoms with Crippen LogP contribution in [0, 0.1) is 0 Å². The molecule has 0 aliphatic rings. The molecule has 0 rings (SSSR count). The van der Waals surface area contributed by atoms with Crippen LogP contribution in [0.15, 0.2) is 12.7 Å². The van der Waals surface area contributed by atoms with Gasteiger partial charge in [-0.05, 0) is 6.42 Å². The van der Waals surface area contributed by atoms with Crippen LogP contribution in [-0.4, -0.2) is 12.6 Å². The van der Waals surface area contributed by atoms with Crippen molar-refractivity contribution >= 4 is 5.97 Å². The van der Waals surface area contributed by atoms with E-state index in [1.165, 1.54) is 0 Å². The molecule has 0 aliphatic heterocycles. The topological polar surface area (TPSA) is 26.3 Å². The molecule has 0 amide bonds. The van der Waals surface area contributed by atoms with Crippen LogP contribution in [-0.2, 0) is 9.53 Å². The maximum atomic E-state index is 10.2. The van der Waals surface area contributed by atoms with E-state index in [2.05, 4.69) is 11.3 Å². The molecule has 2 heteroatoms. The van der Waals surface area contributed by atoms with Gasteiger partial charge < -0.3 is 4.74 Å². The Kier molecular flexibility index (Phi) is 17.8. The van der Waals surface area contributed by atoms with Crippen LogP contribution in [0.1, 0.15) is 28.2 Å². The lowest BCUT2D eigenvalue weighted by atomic mass is 10.5. The summed E-state index contributed by atoms with van der Waals surface area (Å²) >= 11 is 0. The molecule has 2 nitrogen and oxygen atoms in total. The highest BCUT2D eigenvalue weighted by Crippen LogP contribution is 1.81. The van der Waals surface area contributed by atoms with Gasteiger partial charge in [-0.25, -0.2) is 4.79 Å². The van der Waals surface area contributed by atoms with Crippen LogP contribution in [0.3, 0.4) is 0 Å². The van der Waals surface area contributed by atoms with E-state index in [4.69, 9.17) is 0 Å². The predicted molar refractivity (Wildman–Crippen MR) is 44.9 cm³/mol. The molecule has 0 aliphatic carbocycles. The number of hydrogen-bond donors (Lipinski definition) is 0. The molecule has 10 heavy (non-hydrogen) atoms. The molecule has 0 bridgehead atoms. The summed E-state index contributed by atoms with van der Waals surface area (Å²) in [5.74, 6) is -0.341. The van der Waals surface area contributed by atoms with Crippen LogP contribution in [0.2, 0.25) is 0 Å². The number of carbonyl (C=O) groups excluding carboxylic acids is 1. The molecule has 0 fully saturated rings. The lowest BCUT2D eigenvalue weighted by Gasteiger charge is -1.94. The third-order valence-corrected chi connectivity index (χ3v) is 0.615. The molecule has 0 aromatic carbocycles. The van der Waals surface area contributed by atoms with Crippen LogP contribution in [0.5, 0.6) is 0 Å². The van der Waals surface area contributed by atoms with Crippen LogP contribution in [0.25, 0.3) is 0 Å². The van der Waals surface area contributed by atoms with Gasteiger partial charge in [-0.3, -0.25) is 0 Å². The van der Waals surface area contributed by atoms with Crippen LogP contribution >= 0.6 is 0 Å². The SMILES string of the molecule is C.C.C=CC(=O)OCCC. The molecule has 0 aromatic rings. The molecular weight excluding hydrogens is 128 g/mol. The van der Waals surface area contributed by atoms with Crippen molar-refractivity contribution in [2.45, 2.75) is 28.2 Å². The number of esters is 1. The molecule has 0 radical (unpaired) electrons. The van der Waals surface area contributed by atoms with E-state index >= 15 is 0 Å². The average Bonchev–Trinajstić information content (AvgIpc) is 1.83. The van der Waals surface area contributed by atoms with E-state index in [-0.39, 0.29) is 20.8 Å². The average molecular weight is 146 g/mol. The Morgan fingerprint density at radius 3 is 2.40 bits per heavy atom. The summed E-state index contributed by atoms with van der Waals surface area (Å²) in [6.45, 7) is 5.67. The fourth-order valence-electron chi connectivity index (χ4n) is 0.262. The van der Waals surface area contributed by atoms with Gasteiger partial charge in [0.15, 0.2) is 0 Å². The minimum atomic E-state index is -0.341. The molecular formula is C8H18O2. The maximum absolute atomic E-state index is 10.2. The zero-order chi connectivity index (χ0) is 6.41. The summed E-state index contributed by atoms with van der Waals surface area (Å²) in [7, 11) is 0. The fraction of sp³-hybridized carbons (Fsp3) is 0.625. The summed E-state index contributed by atoms with van der Waals surface area (Å²) < 4.78 is 4.58. The fourth-order valence-corrected chi connectivity index (χ4v) is 0.262. The zero-order valence-electron chi connectivity index (χ0n) is 5.02. The number of rotatable bonds is 3. The van der Waals surface area contributed by atoms with Crippen molar-refractivity contribution in [2.75, 3.05) is 6.61 Å². The lowest BCUT2D eigenvalue weighted by Crippen LogP contribution is -1.99. The summed E-state index contributed by atoms with van der Waals surface area (Å²) in [5.41, 5.74) is 0. The molecule has 0 aromatic heterocycles. The first-order valence-electron chi connectivity index (χ1n) is 2.60. The highest BCUT2D eigenvalue weighted by molar-refractivity contribution is 5.81. The smallest absolute Gasteiger partial charge is 0.330 e. The molecule has 0 atom stereocenters. The molecule has 0 unspecified atom stereocenters. The van der Waals surface area contributed by atoms with Crippen molar-refractivity contribution in [3.63, 3.8) is 0 Å². The summed E-state index contributed by atoms with van der Waals surface area (Å²) in [4.78, 5) is 10.2. The first-order chi connectivity index (χ1) is 3.81. The quantitative estimate of drug-likeness (QED) is 0.451. The van der Waals surface area contributed by atoms with Gasteiger partial charge in [0.2, 0.25) is 0 Å². The number of ether oxygens (including phenoxy) is 1. The second-order valence-electron chi connectivity index (χ2n) is 1.37. The second-order valence-corrected chi connectivity index (χ2v) is 1.37. The van der Waals surface area contributed by atoms with E-state index in [9.17, 15) is 4.79 Å². The number of carbonyl (C=O) groups is 1. The monoisotopic (exact) mass is 146 g/mol. The van der Waals surface area contributed by atoms with Crippen molar-refractivity contribution in [1.29, 1.82) is 0 Å². The normalized spacial score (nSPS) is 6.50. The van der Waals surface area contributed by atoms with Gasteiger partial charge in [-0.2, -0.15) is 0 Å². The van der Waals surface area contributed by atoms with Gasteiger partial charge in [-0.1, -0.05) is 28.4 Å². The molecule has 0 saturated carbocycles. The standard InChI is InChI=1S/C6H10O2.2CH4/c1-3-5-8-6(7)4-2;;/h4H,2-3,5H2,1H3;2*1H4. The largest absolute Gasteiger partial charge is 0.463 e. The Morgan fingerprint density at radius 1 is 1.60 bits per heavy atom. The highest BCUT2D eigenvalue weighted by Gasteiger charge is 1.89. The molecule has 0 spiro atoms. The van der Waals surface area contributed by atoms with Gasteiger partial charge in [0, 0.05) is 6.08 Å². The first-order valence-corrected chi connectivity index (χ1v) is 2.60. The van der Waals surface area contributed by atoms with Crippen LogP contribution in [0.4, 0.5) is 0 Å².